The Morgan fingerprint density at radius 1 is 0.698 bits per heavy atom. The van der Waals surface area contributed by atoms with Gasteiger partial charge in [0.2, 0.25) is 0 Å². The molecule has 0 fully saturated rings. The topological polar surface area (TPSA) is 91.7 Å². The van der Waals surface area contributed by atoms with Gasteiger partial charge in [0.15, 0.2) is 11.6 Å². The molecule has 0 aliphatic heterocycles. The fourth-order valence-corrected chi connectivity index (χ4v) is 6.05. The highest BCUT2D eigenvalue weighted by molar-refractivity contribution is 6.34. The van der Waals surface area contributed by atoms with Crippen LogP contribution in [0.1, 0.15) is 118 Å². The molecule has 2 N–H and O–H groups in total. The van der Waals surface area contributed by atoms with Gasteiger partial charge in [0.25, 0.3) is 0 Å². The second-order valence-electron chi connectivity index (χ2n) is 15.2. The van der Waals surface area contributed by atoms with Crippen LogP contribution < -0.4 is 0 Å². The van der Waals surface area contributed by atoms with Gasteiger partial charge in [-0.2, -0.15) is 0 Å². The summed E-state index contributed by atoms with van der Waals surface area (Å²) < 4.78 is 0. The normalized spacial score (nSPS) is 18.5. The zero-order valence-electron chi connectivity index (χ0n) is 27.6. The van der Waals surface area contributed by atoms with Gasteiger partial charge in [-0.05, 0) is 80.1 Å². The molecule has 0 atom stereocenters. The van der Waals surface area contributed by atoms with Gasteiger partial charge in [0.05, 0.1) is 5.41 Å². The molecule has 1 aromatic carbocycles. The van der Waals surface area contributed by atoms with E-state index in [1.807, 2.05) is 42.5 Å². The number of benzene rings is 1. The number of hydrogen-bond acceptors (Lipinski definition) is 4. The highest BCUT2D eigenvalue weighted by Gasteiger charge is 2.33. The molecule has 5 heteroatoms. The molecule has 43 heavy (non-hydrogen) atoms. The lowest BCUT2D eigenvalue weighted by Crippen LogP contribution is -2.23. The van der Waals surface area contributed by atoms with Gasteiger partial charge in [0, 0.05) is 28.6 Å². The Kier molecular flexibility index (Phi) is 10.7. The van der Waals surface area contributed by atoms with Crippen LogP contribution in [-0.2, 0) is 14.4 Å². The molecule has 0 aromatic heterocycles. The largest absolute Gasteiger partial charge is 0.481 e. The first kappa shape index (κ1) is 34.4. The van der Waals surface area contributed by atoms with Crippen LogP contribution in [0.15, 0.2) is 59.7 Å². The zero-order chi connectivity index (χ0) is 32.2. The standard InChI is InChI=1S/C38H52O5/c1-35(2,25-39)19-13-11-15-26-21-36(3,4)23-30(32(26)40)28-17-9-10-18-29(28)31-24-37(5,6)22-27(33(31)41)16-12-14-20-38(7,8)34(42)43/h9-10,17-18,21-24,39H,11-16,19-20,25H2,1-8H3,(H,42,43). The monoisotopic (exact) mass is 588 g/mol. The lowest BCUT2D eigenvalue weighted by Gasteiger charge is -2.29. The number of aliphatic carboxylic acids is 1. The molecule has 0 amide bonds. The number of aliphatic hydroxyl groups excluding tert-OH is 1. The molecular formula is C38H52O5. The van der Waals surface area contributed by atoms with Crippen LogP contribution in [0.2, 0.25) is 0 Å². The number of carboxylic acids is 1. The van der Waals surface area contributed by atoms with Crippen molar-refractivity contribution in [2.24, 2.45) is 21.7 Å². The highest BCUT2D eigenvalue weighted by atomic mass is 16.4. The van der Waals surface area contributed by atoms with E-state index in [-0.39, 0.29) is 34.4 Å². The Bertz CT molecular complexity index is 1360. The van der Waals surface area contributed by atoms with E-state index in [0.29, 0.717) is 30.4 Å². The van der Waals surface area contributed by atoms with E-state index in [2.05, 4.69) is 47.6 Å². The minimum absolute atomic E-state index is 0.0188. The minimum atomic E-state index is -0.804. The number of rotatable bonds is 14. The van der Waals surface area contributed by atoms with Gasteiger partial charge in [0.1, 0.15) is 0 Å². The summed E-state index contributed by atoms with van der Waals surface area (Å²) in [6.07, 6.45) is 14.2. The van der Waals surface area contributed by atoms with Gasteiger partial charge < -0.3 is 10.2 Å². The van der Waals surface area contributed by atoms with E-state index in [4.69, 9.17) is 0 Å². The Labute approximate surface area is 258 Å². The Morgan fingerprint density at radius 2 is 1.12 bits per heavy atom. The molecule has 0 unspecified atom stereocenters. The minimum Gasteiger partial charge on any atom is -0.481 e. The average Bonchev–Trinajstić information content (AvgIpc) is 2.92. The third kappa shape index (κ3) is 8.98. The number of aliphatic hydroxyl groups is 1. The first-order valence-corrected chi connectivity index (χ1v) is 15.8. The van der Waals surface area contributed by atoms with Crippen molar-refractivity contribution < 1.29 is 24.6 Å². The fourth-order valence-electron chi connectivity index (χ4n) is 6.05. The Hall–Kier alpha value is -3.05. The van der Waals surface area contributed by atoms with Crippen LogP contribution in [-0.4, -0.2) is 34.4 Å². The number of Topliss-reactive ketones (excluding diaryl/α,β-unsaturated/α-hetero) is 2. The fraction of sp³-hybridized carbons (Fsp3) is 0.553. The van der Waals surface area contributed by atoms with Crippen molar-refractivity contribution in [1.82, 2.24) is 0 Å². The second-order valence-corrected chi connectivity index (χ2v) is 15.2. The molecule has 234 valence electrons. The van der Waals surface area contributed by atoms with Gasteiger partial charge in [-0.25, -0.2) is 0 Å². The maximum Gasteiger partial charge on any atom is 0.309 e. The molecule has 5 nitrogen and oxygen atoms in total. The summed E-state index contributed by atoms with van der Waals surface area (Å²) in [4.78, 5) is 39.4. The third-order valence-corrected chi connectivity index (χ3v) is 8.76. The average molecular weight is 589 g/mol. The van der Waals surface area contributed by atoms with E-state index in [0.717, 1.165) is 54.4 Å². The summed E-state index contributed by atoms with van der Waals surface area (Å²) in [7, 11) is 0. The van der Waals surface area contributed by atoms with E-state index < -0.39 is 11.4 Å². The summed E-state index contributed by atoms with van der Waals surface area (Å²) in [5.74, 6) is -0.801. The lowest BCUT2D eigenvalue weighted by molar-refractivity contribution is -0.147. The number of ketones is 2. The number of carbonyl (C=O) groups excluding carboxylic acids is 2. The van der Waals surface area contributed by atoms with E-state index in [1.54, 1.807) is 13.8 Å². The molecule has 0 spiro atoms. The third-order valence-electron chi connectivity index (χ3n) is 8.76. The van der Waals surface area contributed by atoms with Crippen LogP contribution in [0.5, 0.6) is 0 Å². The molecular weight excluding hydrogens is 536 g/mol. The molecule has 2 aliphatic carbocycles. The van der Waals surface area contributed by atoms with Crippen molar-refractivity contribution in [3.05, 3.63) is 70.8 Å². The first-order chi connectivity index (χ1) is 19.9. The van der Waals surface area contributed by atoms with E-state index in [9.17, 15) is 24.6 Å². The van der Waals surface area contributed by atoms with Crippen molar-refractivity contribution in [3.63, 3.8) is 0 Å². The predicted octanol–water partition coefficient (Wildman–Crippen LogP) is 8.77. The molecule has 0 saturated heterocycles. The van der Waals surface area contributed by atoms with Crippen LogP contribution in [0, 0.1) is 21.7 Å². The molecule has 0 saturated carbocycles. The quantitative estimate of drug-likeness (QED) is 0.212. The predicted molar refractivity (Wildman–Crippen MR) is 175 cm³/mol. The maximum absolute atomic E-state index is 13.9. The Morgan fingerprint density at radius 3 is 1.51 bits per heavy atom. The van der Waals surface area contributed by atoms with Crippen LogP contribution >= 0.6 is 0 Å². The van der Waals surface area contributed by atoms with Gasteiger partial charge in [-0.15, -0.1) is 0 Å². The summed E-state index contributed by atoms with van der Waals surface area (Å²) in [6.45, 7) is 16.1. The second kappa shape index (κ2) is 13.3. The van der Waals surface area contributed by atoms with E-state index >= 15 is 0 Å². The molecule has 0 bridgehead atoms. The molecule has 0 radical (unpaired) electrons. The molecule has 1 aromatic rings. The van der Waals surface area contributed by atoms with Gasteiger partial charge in [-0.3, -0.25) is 14.4 Å². The summed E-state index contributed by atoms with van der Waals surface area (Å²) in [6, 6.07) is 7.75. The summed E-state index contributed by atoms with van der Waals surface area (Å²) in [5, 5.41) is 19.0. The zero-order valence-corrected chi connectivity index (χ0v) is 27.6. The Balaban J connectivity index is 1.85. The number of hydrogen-bond donors (Lipinski definition) is 2. The number of allylic oxidation sites excluding steroid dienone is 8. The number of carboxylic acid groups (broad SMARTS) is 1. The molecule has 2 aliphatic rings. The highest BCUT2D eigenvalue weighted by Crippen LogP contribution is 2.42. The van der Waals surface area contributed by atoms with Crippen LogP contribution in [0.25, 0.3) is 11.1 Å². The smallest absolute Gasteiger partial charge is 0.309 e. The summed E-state index contributed by atoms with van der Waals surface area (Å²) in [5.41, 5.74) is 2.83. The van der Waals surface area contributed by atoms with Crippen molar-refractivity contribution in [2.45, 2.75) is 107 Å². The SMILES string of the molecule is CC1(C)C=C(CCCCC(C)(C)CO)C(=O)C(c2ccccc2C2=CC(C)(C)C=C(CCCCC(C)(C)C(=O)O)C2=O)=C1. The van der Waals surface area contributed by atoms with Gasteiger partial charge in [-0.1, -0.05) is 103 Å². The van der Waals surface area contributed by atoms with Crippen molar-refractivity contribution in [2.75, 3.05) is 6.61 Å². The van der Waals surface area contributed by atoms with Crippen molar-refractivity contribution >= 4 is 28.7 Å². The molecule has 0 heterocycles. The number of carbonyl (C=O) groups is 3. The maximum atomic E-state index is 13.9. The number of unbranched alkanes of at least 4 members (excludes halogenated alkanes) is 2. The van der Waals surface area contributed by atoms with Crippen LogP contribution in [0.3, 0.4) is 0 Å². The van der Waals surface area contributed by atoms with Crippen molar-refractivity contribution in [1.29, 1.82) is 0 Å². The van der Waals surface area contributed by atoms with Crippen LogP contribution in [0.4, 0.5) is 0 Å². The van der Waals surface area contributed by atoms with E-state index in [1.165, 1.54) is 0 Å². The molecule has 3 rings (SSSR count). The lowest BCUT2D eigenvalue weighted by atomic mass is 9.73. The van der Waals surface area contributed by atoms with Crippen molar-refractivity contribution in [3.8, 4) is 0 Å². The van der Waals surface area contributed by atoms with Gasteiger partial charge >= 0.3 is 5.97 Å². The summed E-state index contributed by atoms with van der Waals surface area (Å²) >= 11 is 0. The first-order valence-electron chi connectivity index (χ1n) is 15.8.